The number of hydrogen-bond donors (Lipinski definition) is 1. The highest BCUT2D eigenvalue weighted by Gasteiger charge is 2.24. The van der Waals surface area contributed by atoms with E-state index in [2.05, 4.69) is 22.2 Å². The standard InChI is InChI=1S/C9H11F2N3S/c1-6-3-7(2)14-8(13-6)4-12-9(10,11)5-15/h3,5,12H,4H2,1-2H3. The van der Waals surface area contributed by atoms with E-state index in [0.29, 0.717) is 11.2 Å². The largest absolute Gasteiger partial charge is 0.332 e. The first-order chi connectivity index (χ1) is 6.93. The molecule has 0 aliphatic carbocycles. The number of alkyl halides is 2. The number of halogens is 2. The van der Waals surface area contributed by atoms with Gasteiger partial charge in [0.15, 0.2) is 0 Å². The van der Waals surface area contributed by atoms with Crippen LogP contribution in [0.5, 0.6) is 0 Å². The fraction of sp³-hybridized carbons (Fsp3) is 0.444. The van der Waals surface area contributed by atoms with Gasteiger partial charge in [-0.1, -0.05) is 12.2 Å². The van der Waals surface area contributed by atoms with Gasteiger partial charge in [-0.25, -0.2) is 15.3 Å². The van der Waals surface area contributed by atoms with Crippen LogP contribution in [0.1, 0.15) is 17.2 Å². The molecule has 0 spiro atoms. The number of nitrogens with zero attached hydrogens (tertiary/aromatic N) is 2. The van der Waals surface area contributed by atoms with E-state index in [1.807, 2.05) is 5.32 Å². The third-order valence-corrected chi connectivity index (χ3v) is 1.95. The Labute approximate surface area is 91.9 Å². The van der Waals surface area contributed by atoms with Crippen molar-refractivity contribution in [3.63, 3.8) is 0 Å². The maximum atomic E-state index is 12.7. The van der Waals surface area contributed by atoms with Crippen LogP contribution in [0, 0.1) is 13.8 Å². The maximum Gasteiger partial charge on any atom is 0.332 e. The van der Waals surface area contributed by atoms with Gasteiger partial charge in [0.05, 0.1) is 11.9 Å². The molecule has 1 heterocycles. The number of aryl methyl sites for hydroxylation is 2. The second-order valence-corrected chi connectivity index (χ2v) is 3.40. The quantitative estimate of drug-likeness (QED) is 0.633. The van der Waals surface area contributed by atoms with Gasteiger partial charge in [0.1, 0.15) is 5.82 Å². The molecule has 6 heteroatoms. The fourth-order valence-electron chi connectivity index (χ4n) is 1.12. The molecule has 0 aromatic carbocycles. The molecule has 0 saturated carbocycles. The van der Waals surface area contributed by atoms with Crippen LogP contribution in [-0.2, 0) is 6.54 Å². The second kappa shape index (κ2) is 4.67. The summed E-state index contributed by atoms with van der Waals surface area (Å²) in [5, 5.41) is 2.35. The highest BCUT2D eigenvalue weighted by atomic mass is 32.1. The van der Waals surface area contributed by atoms with Crippen LogP contribution in [-0.4, -0.2) is 21.4 Å². The molecule has 0 unspecified atom stereocenters. The molecule has 3 nitrogen and oxygen atoms in total. The third-order valence-electron chi connectivity index (χ3n) is 1.66. The van der Waals surface area contributed by atoms with Crippen LogP contribution in [0.3, 0.4) is 0 Å². The predicted octanol–water partition coefficient (Wildman–Crippen LogP) is 1.78. The molecule has 0 fully saturated rings. The normalized spacial score (nSPS) is 11.5. The van der Waals surface area contributed by atoms with Crippen molar-refractivity contribution in [2.24, 2.45) is 0 Å². The third kappa shape index (κ3) is 3.93. The Morgan fingerprint density at radius 3 is 2.40 bits per heavy atom. The zero-order chi connectivity index (χ0) is 11.5. The summed E-state index contributed by atoms with van der Waals surface area (Å²) in [7, 11) is 0. The number of aromatic nitrogens is 2. The lowest BCUT2D eigenvalue weighted by Gasteiger charge is -2.11. The molecule has 0 atom stereocenters. The van der Waals surface area contributed by atoms with E-state index in [1.54, 1.807) is 19.9 Å². The number of hydrogen-bond acceptors (Lipinski definition) is 4. The molecular formula is C9H11F2N3S. The molecule has 0 radical (unpaired) electrons. The molecule has 0 saturated heterocycles. The molecule has 82 valence electrons. The van der Waals surface area contributed by atoms with Crippen molar-refractivity contribution in [1.82, 2.24) is 15.3 Å². The molecule has 1 aromatic rings. The van der Waals surface area contributed by atoms with Crippen LogP contribution in [0.25, 0.3) is 0 Å². The lowest BCUT2D eigenvalue weighted by molar-refractivity contribution is 0.0443. The number of nitrogens with one attached hydrogen (secondary N) is 1. The van der Waals surface area contributed by atoms with Gasteiger partial charge in [-0.05, 0) is 19.9 Å². The van der Waals surface area contributed by atoms with E-state index in [4.69, 9.17) is 0 Å². The van der Waals surface area contributed by atoms with E-state index in [1.165, 1.54) is 0 Å². The molecule has 1 aromatic heterocycles. The second-order valence-electron chi connectivity index (χ2n) is 3.16. The van der Waals surface area contributed by atoms with Crippen molar-refractivity contribution < 1.29 is 8.78 Å². The van der Waals surface area contributed by atoms with Gasteiger partial charge in [0.2, 0.25) is 0 Å². The van der Waals surface area contributed by atoms with Crippen LogP contribution in [0.15, 0.2) is 6.07 Å². The van der Waals surface area contributed by atoms with Crippen molar-refractivity contribution in [1.29, 1.82) is 0 Å². The Balaban J connectivity index is 2.69. The summed E-state index contributed by atoms with van der Waals surface area (Å²) in [6.45, 7) is 3.47. The van der Waals surface area contributed by atoms with Crippen molar-refractivity contribution in [2.45, 2.75) is 26.4 Å². The summed E-state index contributed by atoms with van der Waals surface area (Å²) in [6, 6.07) is -1.38. The summed E-state index contributed by atoms with van der Waals surface area (Å²) in [6.07, 6.45) is 0. The van der Waals surface area contributed by atoms with Crippen LogP contribution in [0.2, 0.25) is 0 Å². The van der Waals surface area contributed by atoms with Gasteiger partial charge in [0.25, 0.3) is 0 Å². The summed E-state index contributed by atoms with van der Waals surface area (Å²) < 4.78 is 25.4. The smallest absolute Gasteiger partial charge is 0.247 e. The highest BCUT2D eigenvalue weighted by molar-refractivity contribution is 7.79. The Hall–Kier alpha value is -1.01. The minimum absolute atomic E-state index is 0.108. The summed E-state index contributed by atoms with van der Waals surface area (Å²) in [4.78, 5) is 8.03. The Morgan fingerprint density at radius 1 is 1.40 bits per heavy atom. The predicted molar refractivity (Wildman–Crippen MR) is 56.9 cm³/mol. The van der Waals surface area contributed by atoms with E-state index >= 15 is 0 Å². The molecule has 0 bridgehead atoms. The fourth-order valence-corrected chi connectivity index (χ4v) is 1.20. The van der Waals surface area contributed by atoms with Crippen LogP contribution >= 0.6 is 12.2 Å². The first-order valence-corrected chi connectivity index (χ1v) is 4.80. The maximum absolute atomic E-state index is 12.7. The Bertz CT molecular complexity index is 348. The van der Waals surface area contributed by atoms with E-state index in [9.17, 15) is 8.78 Å². The zero-order valence-corrected chi connectivity index (χ0v) is 9.24. The molecular weight excluding hydrogens is 220 g/mol. The van der Waals surface area contributed by atoms with Crippen LogP contribution in [0.4, 0.5) is 8.78 Å². The van der Waals surface area contributed by atoms with E-state index in [-0.39, 0.29) is 6.54 Å². The summed E-state index contributed by atoms with van der Waals surface area (Å²) in [5.41, 5.74) is 1.51. The molecule has 15 heavy (non-hydrogen) atoms. The van der Waals surface area contributed by atoms with Gasteiger partial charge < -0.3 is 0 Å². The molecule has 1 rings (SSSR count). The SMILES string of the molecule is Cc1cc(C)nc(CNC(F)(F)C=S)n1. The van der Waals surface area contributed by atoms with Crippen molar-refractivity contribution >= 4 is 17.6 Å². The first-order valence-electron chi connectivity index (χ1n) is 4.33. The van der Waals surface area contributed by atoms with Crippen molar-refractivity contribution in [3.8, 4) is 0 Å². The topological polar surface area (TPSA) is 37.8 Å². The molecule has 0 aliphatic rings. The lowest BCUT2D eigenvalue weighted by Crippen LogP contribution is -2.37. The van der Waals surface area contributed by atoms with Crippen molar-refractivity contribution in [3.05, 3.63) is 23.3 Å². The minimum Gasteiger partial charge on any atom is -0.247 e. The van der Waals surface area contributed by atoms with E-state index in [0.717, 1.165) is 11.4 Å². The summed E-state index contributed by atoms with van der Waals surface area (Å²) in [5.74, 6) is 0.337. The molecule has 0 aliphatic heterocycles. The van der Waals surface area contributed by atoms with Gasteiger partial charge in [-0.15, -0.1) is 0 Å². The van der Waals surface area contributed by atoms with Gasteiger partial charge in [-0.3, -0.25) is 0 Å². The van der Waals surface area contributed by atoms with Gasteiger partial charge in [0, 0.05) is 11.4 Å². The van der Waals surface area contributed by atoms with Gasteiger partial charge >= 0.3 is 6.05 Å². The summed E-state index contributed by atoms with van der Waals surface area (Å²) >= 11 is 4.18. The number of thiocarbonyl (C=S) groups is 1. The number of rotatable bonds is 4. The minimum atomic E-state index is -3.16. The van der Waals surface area contributed by atoms with Crippen molar-refractivity contribution in [2.75, 3.05) is 0 Å². The zero-order valence-electron chi connectivity index (χ0n) is 8.42. The van der Waals surface area contributed by atoms with Crippen LogP contribution < -0.4 is 5.32 Å². The van der Waals surface area contributed by atoms with E-state index < -0.39 is 6.05 Å². The average Bonchev–Trinajstić information content (AvgIpc) is 2.14. The first kappa shape index (κ1) is 12.1. The Kier molecular flexibility index (Phi) is 3.76. The monoisotopic (exact) mass is 231 g/mol. The van der Waals surface area contributed by atoms with Gasteiger partial charge in [-0.2, -0.15) is 8.78 Å². The highest BCUT2D eigenvalue weighted by Crippen LogP contribution is 2.07. The average molecular weight is 231 g/mol. The molecule has 1 N–H and O–H groups in total. The Morgan fingerprint density at radius 2 is 1.93 bits per heavy atom. The lowest BCUT2D eigenvalue weighted by atomic mass is 10.3. The molecule has 0 amide bonds.